The summed E-state index contributed by atoms with van der Waals surface area (Å²) in [6.45, 7) is 0. The molecule has 3 aromatic carbocycles. The average Bonchev–Trinajstić information content (AvgIpc) is 2.85. The number of nitrogens with zero attached hydrogens (tertiary/aromatic N) is 3. The molecular weight excluding hydrogens is 436 g/mol. The largest absolute Gasteiger partial charge is 0.493 e. The first-order valence-electron chi connectivity index (χ1n) is 10.3. The molecule has 0 unspecified atom stereocenters. The van der Waals surface area contributed by atoms with Crippen molar-refractivity contribution < 1.29 is 19.2 Å². The molecule has 0 fully saturated rings. The summed E-state index contributed by atoms with van der Waals surface area (Å²) in [6, 6.07) is 21.5. The number of nitrogens with one attached hydrogen (secondary N) is 1. The Hall–Kier alpha value is -4.79. The number of nitro groups is 1. The molecule has 0 atom stereocenters. The zero-order valence-electron chi connectivity index (χ0n) is 18.2. The topological polar surface area (TPSA) is 116 Å². The molecule has 0 saturated heterocycles. The third-order valence-electron chi connectivity index (χ3n) is 4.97. The number of ether oxygens (including phenoxy) is 2. The van der Waals surface area contributed by atoms with Crippen LogP contribution in [0.3, 0.4) is 0 Å². The van der Waals surface area contributed by atoms with Crippen LogP contribution in [0, 0.1) is 10.1 Å². The number of methoxy groups -OCH3 is 1. The van der Waals surface area contributed by atoms with E-state index in [0.29, 0.717) is 17.1 Å². The number of hydrazone groups is 1. The van der Waals surface area contributed by atoms with Crippen LogP contribution < -0.4 is 14.9 Å². The predicted molar refractivity (Wildman–Crippen MR) is 127 cm³/mol. The smallest absolute Gasteiger partial charge is 0.287 e. The molecule has 0 aliphatic rings. The van der Waals surface area contributed by atoms with E-state index in [1.54, 1.807) is 18.2 Å². The van der Waals surface area contributed by atoms with Crippen molar-refractivity contribution in [1.29, 1.82) is 0 Å². The molecule has 1 heterocycles. The molecule has 1 aromatic heterocycles. The van der Waals surface area contributed by atoms with Crippen LogP contribution >= 0.6 is 0 Å². The van der Waals surface area contributed by atoms with Crippen molar-refractivity contribution in [1.82, 2.24) is 10.4 Å². The highest BCUT2D eigenvalue weighted by atomic mass is 16.6. The highest BCUT2D eigenvalue weighted by Gasteiger charge is 2.10. The van der Waals surface area contributed by atoms with Crippen LogP contribution in [-0.2, 0) is 11.2 Å². The Balaban J connectivity index is 1.40. The molecule has 0 radical (unpaired) electrons. The van der Waals surface area contributed by atoms with E-state index in [2.05, 4.69) is 15.5 Å². The molecule has 0 aliphatic carbocycles. The monoisotopic (exact) mass is 456 g/mol. The van der Waals surface area contributed by atoms with Gasteiger partial charge in [-0.1, -0.05) is 42.5 Å². The third kappa shape index (κ3) is 5.33. The Morgan fingerprint density at radius 1 is 1.09 bits per heavy atom. The number of pyridine rings is 1. The molecular formula is C25H20N4O5. The molecule has 4 rings (SSSR count). The molecule has 1 N–H and O–H groups in total. The summed E-state index contributed by atoms with van der Waals surface area (Å²) >= 11 is 0. The van der Waals surface area contributed by atoms with E-state index in [0.717, 1.165) is 22.5 Å². The van der Waals surface area contributed by atoms with Crippen molar-refractivity contribution in [3.05, 3.63) is 100 Å². The van der Waals surface area contributed by atoms with Crippen LogP contribution in [0.15, 0.2) is 84.1 Å². The van der Waals surface area contributed by atoms with E-state index in [9.17, 15) is 14.9 Å². The summed E-state index contributed by atoms with van der Waals surface area (Å²) in [5.74, 6) is 0.738. The zero-order chi connectivity index (χ0) is 23.9. The van der Waals surface area contributed by atoms with Crippen molar-refractivity contribution in [3.63, 3.8) is 0 Å². The summed E-state index contributed by atoms with van der Waals surface area (Å²) in [6.07, 6.45) is 2.82. The van der Waals surface area contributed by atoms with E-state index in [1.807, 2.05) is 42.5 Å². The van der Waals surface area contributed by atoms with Gasteiger partial charge in [0.1, 0.15) is 6.20 Å². The Labute approximate surface area is 194 Å². The standard InChI is InChI=1S/C25H20N4O5/c1-33-23-13-17(9-11-22(23)34-25-12-10-20(16-26-25)29(31)32)15-27-28-24(30)14-19-7-4-6-18-5-2-3-8-21(18)19/h2-13,15-16H,14H2,1H3,(H,28,30)/b27-15-. The molecule has 9 nitrogen and oxygen atoms in total. The maximum absolute atomic E-state index is 12.4. The van der Waals surface area contributed by atoms with Crippen molar-refractivity contribution >= 4 is 28.6 Å². The Kier molecular flexibility index (Phi) is 6.73. The van der Waals surface area contributed by atoms with Gasteiger partial charge in [-0.15, -0.1) is 0 Å². The van der Waals surface area contributed by atoms with Crippen LogP contribution in [0.5, 0.6) is 17.4 Å². The van der Waals surface area contributed by atoms with Crippen LogP contribution in [-0.4, -0.2) is 29.1 Å². The minimum absolute atomic E-state index is 0.131. The molecule has 34 heavy (non-hydrogen) atoms. The normalized spacial score (nSPS) is 10.9. The van der Waals surface area contributed by atoms with Crippen LogP contribution in [0.2, 0.25) is 0 Å². The lowest BCUT2D eigenvalue weighted by Gasteiger charge is -2.10. The highest BCUT2D eigenvalue weighted by Crippen LogP contribution is 2.31. The van der Waals surface area contributed by atoms with Gasteiger partial charge in [0.05, 0.1) is 24.7 Å². The van der Waals surface area contributed by atoms with Crippen molar-refractivity contribution in [3.8, 4) is 17.4 Å². The van der Waals surface area contributed by atoms with Gasteiger partial charge < -0.3 is 9.47 Å². The van der Waals surface area contributed by atoms with Gasteiger partial charge in [0.25, 0.3) is 5.69 Å². The number of amides is 1. The van der Waals surface area contributed by atoms with E-state index >= 15 is 0 Å². The van der Waals surface area contributed by atoms with Crippen LogP contribution in [0.4, 0.5) is 5.69 Å². The van der Waals surface area contributed by atoms with E-state index in [-0.39, 0.29) is 23.9 Å². The van der Waals surface area contributed by atoms with Crippen LogP contribution in [0.25, 0.3) is 10.8 Å². The lowest BCUT2D eigenvalue weighted by Crippen LogP contribution is -2.19. The minimum atomic E-state index is -0.535. The first-order valence-corrected chi connectivity index (χ1v) is 10.3. The van der Waals surface area contributed by atoms with Gasteiger partial charge in [-0.3, -0.25) is 14.9 Å². The van der Waals surface area contributed by atoms with Gasteiger partial charge in [0.2, 0.25) is 11.8 Å². The molecule has 0 aliphatic heterocycles. The molecule has 1 amide bonds. The number of fused-ring (bicyclic) bond motifs is 1. The minimum Gasteiger partial charge on any atom is -0.493 e. The Bertz CT molecular complexity index is 1360. The first kappa shape index (κ1) is 22.4. The number of benzene rings is 3. The first-order chi connectivity index (χ1) is 16.5. The Morgan fingerprint density at radius 3 is 2.68 bits per heavy atom. The molecule has 9 heteroatoms. The van der Waals surface area contributed by atoms with Gasteiger partial charge in [-0.25, -0.2) is 10.4 Å². The molecule has 0 saturated carbocycles. The number of hydrogen-bond acceptors (Lipinski definition) is 7. The number of rotatable bonds is 8. The van der Waals surface area contributed by atoms with E-state index < -0.39 is 4.92 Å². The fraction of sp³-hybridized carbons (Fsp3) is 0.0800. The highest BCUT2D eigenvalue weighted by molar-refractivity contribution is 5.90. The van der Waals surface area contributed by atoms with Gasteiger partial charge in [0, 0.05) is 12.1 Å². The van der Waals surface area contributed by atoms with Crippen molar-refractivity contribution in [2.24, 2.45) is 5.10 Å². The number of carbonyl (C=O) groups is 1. The molecule has 0 spiro atoms. The van der Waals surface area contributed by atoms with E-state index in [4.69, 9.17) is 9.47 Å². The second-order valence-corrected chi connectivity index (χ2v) is 7.23. The summed E-state index contributed by atoms with van der Waals surface area (Å²) in [5, 5.41) is 16.9. The number of carbonyl (C=O) groups excluding carboxylic acids is 1. The SMILES string of the molecule is COc1cc(/C=N\NC(=O)Cc2cccc3ccccc23)ccc1Oc1ccc([N+](=O)[O-])cn1. The van der Waals surface area contributed by atoms with Gasteiger partial charge in [-0.05, 0) is 40.1 Å². The summed E-state index contributed by atoms with van der Waals surface area (Å²) in [4.78, 5) is 26.5. The number of aromatic nitrogens is 1. The summed E-state index contributed by atoms with van der Waals surface area (Å²) in [7, 11) is 1.48. The van der Waals surface area contributed by atoms with Crippen LogP contribution in [0.1, 0.15) is 11.1 Å². The quantitative estimate of drug-likeness (QED) is 0.235. The van der Waals surface area contributed by atoms with Gasteiger partial charge >= 0.3 is 0 Å². The van der Waals surface area contributed by atoms with Gasteiger partial charge in [-0.2, -0.15) is 5.10 Å². The lowest BCUT2D eigenvalue weighted by molar-refractivity contribution is -0.385. The lowest BCUT2D eigenvalue weighted by atomic mass is 10.0. The fourth-order valence-corrected chi connectivity index (χ4v) is 3.34. The summed E-state index contributed by atoms with van der Waals surface area (Å²) < 4.78 is 11.0. The van der Waals surface area contributed by atoms with Crippen molar-refractivity contribution in [2.75, 3.05) is 7.11 Å². The molecule has 4 aromatic rings. The van der Waals surface area contributed by atoms with Gasteiger partial charge in [0.15, 0.2) is 11.5 Å². The fourth-order valence-electron chi connectivity index (χ4n) is 3.34. The maximum atomic E-state index is 12.4. The summed E-state index contributed by atoms with van der Waals surface area (Å²) in [5.41, 5.74) is 4.01. The zero-order valence-corrected chi connectivity index (χ0v) is 18.2. The molecule has 0 bridgehead atoms. The Morgan fingerprint density at radius 2 is 1.91 bits per heavy atom. The predicted octanol–water partition coefficient (Wildman–Crippen LogP) is 4.64. The second-order valence-electron chi connectivity index (χ2n) is 7.23. The maximum Gasteiger partial charge on any atom is 0.287 e. The average molecular weight is 456 g/mol. The molecule has 170 valence electrons. The second kappa shape index (κ2) is 10.2. The van der Waals surface area contributed by atoms with Crippen molar-refractivity contribution in [2.45, 2.75) is 6.42 Å². The third-order valence-corrected chi connectivity index (χ3v) is 4.97. The number of hydrogen-bond donors (Lipinski definition) is 1. The van der Waals surface area contributed by atoms with E-state index in [1.165, 1.54) is 25.5 Å².